The lowest BCUT2D eigenvalue weighted by molar-refractivity contribution is 0.0820. The first-order valence-corrected chi connectivity index (χ1v) is 11.9. The van der Waals surface area contributed by atoms with E-state index in [2.05, 4.69) is 33.5 Å². The Balaban J connectivity index is 1.40. The summed E-state index contributed by atoms with van der Waals surface area (Å²) in [5.41, 5.74) is 5.24. The molecule has 0 unspecified atom stereocenters. The summed E-state index contributed by atoms with van der Waals surface area (Å²) in [6.45, 7) is 1.83. The SMILES string of the molecule is Cc1nc(-c2ccc(Cc3cc(C(=O)N[C@H]4CCCCC[C@@H]4O)c4ncccc4c3)cc2)co1. The summed E-state index contributed by atoms with van der Waals surface area (Å²) >= 11 is 0. The molecule has 1 aliphatic rings. The second kappa shape index (κ2) is 9.77. The van der Waals surface area contributed by atoms with Gasteiger partial charge in [-0.15, -0.1) is 0 Å². The van der Waals surface area contributed by atoms with Crippen LogP contribution in [0.15, 0.2) is 65.4 Å². The number of fused-ring (bicyclic) bond motifs is 1. The van der Waals surface area contributed by atoms with E-state index in [9.17, 15) is 9.90 Å². The van der Waals surface area contributed by atoms with Crippen LogP contribution in [0.5, 0.6) is 0 Å². The summed E-state index contributed by atoms with van der Waals surface area (Å²) in [4.78, 5) is 22.2. The van der Waals surface area contributed by atoms with Gasteiger partial charge in [0.15, 0.2) is 5.89 Å². The molecule has 5 rings (SSSR count). The predicted molar refractivity (Wildman–Crippen MR) is 132 cm³/mol. The Morgan fingerprint density at radius 3 is 2.71 bits per heavy atom. The molecule has 34 heavy (non-hydrogen) atoms. The third-order valence-corrected chi connectivity index (χ3v) is 6.58. The van der Waals surface area contributed by atoms with Crippen LogP contribution in [-0.4, -0.2) is 33.1 Å². The number of nitrogens with one attached hydrogen (secondary N) is 1. The second-order valence-corrected chi connectivity index (χ2v) is 9.13. The lowest BCUT2D eigenvalue weighted by Crippen LogP contribution is -2.42. The Labute approximate surface area is 199 Å². The number of oxazole rings is 1. The van der Waals surface area contributed by atoms with Gasteiger partial charge in [0, 0.05) is 24.1 Å². The summed E-state index contributed by atoms with van der Waals surface area (Å²) in [6, 6.07) is 15.9. The van der Waals surface area contributed by atoms with E-state index in [-0.39, 0.29) is 11.9 Å². The number of carbonyl (C=O) groups excluding carboxylic acids is 1. The molecule has 2 aromatic carbocycles. The average Bonchev–Trinajstić information content (AvgIpc) is 3.18. The summed E-state index contributed by atoms with van der Waals surface area (Å²) < 4.78 is 5.32. The molecule has 2 heterocycles. The topological polar surface area (TPSA) is 88.2 Å². The number of aliphatic hydroxyl groups excluding tert-OH is 1. The van der Waals surface area contributed by atoms with E-state index in [1.54, 1.807) is 12.5 Å². The fourth-order valence-electron chi connectivity index (χ4n) is 4.76. The van der Waals surface area contributed by atoms with Crippen molar-refractivity contribution in [2.24, 2.45) is 0 Å². The molecule has 0 saturated heterocycles. The molecule has 0 bridgehead atoms. The monoisotopic (exact) mass is 455 g/mol. The highest BCUT2D eigenvalue weighted by atomic mass is 16.3. The maximum absolute atomic E-state index is 13.3. The number of carbonyl (C=O) groups is 1. The number of amides is 1. The summed E-state index contributed by atoms with van der Waals surface area (Å²) in [5.74, 6) is 0.472. The van der Waals surface area contributed by atoms with Gasteiger partial charge in [0.2, 0.25) is 0 Å². The second-order valence-electron chi connectivity index (χ2n) is 9.13. The van der Waals surface area contributed by atoms with Gasteiger partial charge in [-0.3, -0.25) is 9.78 Å². The molecule has 2 atom stereocenters. The van der Waals surface area contributed by atoms with Crippen LogP contribution in [0.3, 0.4) is 0 Å². The Morgan fingerprint density at radius 2 is 1.91 bits per heavy atom. The number of aryl methyl sites for hydroxylation is 1. The van der Waals surface area contributed by atoms with Gasteiger partial charge >= 0.3 is 0 Å². The molecule has 0 spiro atoms. The van der Waals surface area contributed by atoms with Gasteiger partial charge in [-0.1, -0.05) is 49.6 Å². The average molecular weight is 456 g/mol. The van der Waals surface area contributed by atoms with E-state index in [0.717, 1.165) is 59.9 Å². The lowest BCUT2D eigenvalue weighted by atomic mass is 9.97. The van der Waals surface area contributed by atoms with Crippen LogP contribution in [0.25, 0.3) is 22.2 Å². The standard InChI is InChI=1S/C28H29N3O3/c1-18-30-25(17-34-18)21-11-9-19(10-12-21)14-20-15-22-6-5-13-29-27(22)23(16-20)28(33)31-24-7-3-2-4-8-26(24)32/h5-6,9-13,15-17,24,26,32H,2-4,7-8,14H2,1H3,(H,31,33)/t24-,26-/m0/s1. The molecule has 1 aliphatic carbocycles. The third kappa shape index (κ3) is 4.87. The number of hydrogen-bond donors (Lipinski definition) is 2. The van der Waals surface area contributed by atoms with E-state index < -0.39 is 6.10 Å². The molecule has 2 N–H and O–H groups in total. The van der Waals surface area contributed by atoms with Crippen molar-refractivity contribution in [1.82, 2.24) is 15.3 Å². The van der Waals surface area contributed by atoms with Crippen molar-refractivity contribution in [3.63, 3.8) is 0 Å². The Hall–Kier alpha value is -3.51. The maximum atomic E-state index is 13.3. The highest BCUT2D eigenvalue weighted by Gasteiger charge is 2.24. The van der Waals surface area contributed by atoms with E-state index in [1.807, 2.05) is 37.3 Å². The third-order valence-electron chi connectivity index (χ3n) is 6.58. The van der Waals surface area contributed by atoms with Gasteiger partial charge in [-0.25, -0.2) is 4.98 Å². The maximum Gasteiger partial charge on any atom is 0.253 e. The number of nitrogens with zero attached hydrogens (tertiary/aromatic N) is 2. The van der Waals surface area contributed by atoms with Crippen molar-refractivity contribution in [2.75, 3.05) is 0 Å². The normalized spacial score (nSPS) is 18.5. The molecule has 2 aromatic heterocycles. The van der Waals surface area contributed by atoms with Gasteiger partial charge < -0.3 is 14.8 Å². The molecule has 174 valence electrons. The van der Waals surface area contributed by atoms with Crippen molar-refractivity contribution < 1.29 is 14.3 Å². The van der Waals surface area contributed by atoms with Crippen LogP contribution >= 0.6 is 0 Å². The van der Waals surface area contributed by atoms with Gasteiger partial charge in [0.1, 0.15) is 12.0 Å². The Bertz CT molecular complexity index is 1300. The quantitative estimate of drug-likeness (QED) is 0.403. The first kappa shape index (κ1) is 22.3. The Kier molecular flexibility index (Phi) is 6.41. The smallest absolute Gasteiger partial charge is 0.253 e. The van der Waals surface area contributed by atoms with E-state index in [4.69, 9.17) is 4.42 Å². The fraction of sp³-hybridized carbons (Fsp3) is 0.321. The minimum Gasteiger partial charge on any atom is -0.449 e. The van der Waals surface area contributed by atoms with Crippen LogP contribution in [0.4, 0.5) is 0 Å². The van der Waals surface area contributed by atoms with Crippen LogP contribution in [-0.2, 0) is 6.42 Å². The number of pyridine rings is 1. The molecule has 0 radical (unpaired) electrons. The Morgan fingerprint density at radius 1 is 1.09 bits per heavy atom. The van der Waals surface area contributed by atoms with Crippen LogP contribution in [0.2, 0.25) is 0 Å². The van der Waals surface area contributed by atoms with Crippen molar-refractivity contribution in [2.45, 2.75) is 57.6 Å². The number of hydrogen-bond acceptors (Lipinski definition) is 5. The van der Waals surface area contributed by atoms with Crippen molar-refractivity contribution >= 4 is 16.8 Å². The number of benzene rings is 2. The van der Waals surface area contributed by atoms with E-state index in [1.165, 1.54) is 0 Å². The lowest BCUT2D eigenvalue weighted by Gasteiger charge is -2.22. The van der Waals surface area contributed by atoms with Gasteiger partial charge in [0.05, 0.1) is 23.2 Å². The first-order valence-electron chi connectivity index (χ1n) is 11.9. The fourth-order valence-corrected chi connectivity index (χ4v) is 4.76. The van der Waals surface area contributed by atoms with Gasteiger partial charge in [-0.2, -0.15) is 0 Å². The van der Waals surface area contributed by atoms with Gasteiger partial charge in [0.25, 0.3) is 5.91 Å². The minimum atomic E-state index is -0.499. The molecule has 1 fully saturated rings. The molecule has 0 aliphatic heterocycles. The molecule has 1 amide bonds. The highest BCUT2D eigenvalue weighted by Crippen LogP contribution is 2.25. The van der Waals surface area contributed by atoms with Gasteiger partial charge in [-0.05, 0) is 48.6 Å². The number of rotatable bonds is 5. The van der Waals surface area contributed by atoms with Crippen LogP contribution in [0.1, 0.15) is 59.5 Å². The minimum absolute atomic E-state index is 0.173. The molecule has 6 nitrogen and oxygen atoms in total. The summed E-state index contributed by atoms with van der Waals surface area (Å²) in [5, 5.41) is 14.5. The van der Waals surface area contributed by atoms with Crippen LogP contribution < -0.4 is 5.32 Å². The first-order chi connectivity index (χ1) is 16.6. The van der Waals surface area contributed by atoms with Crippen molar-refractivity contribution in [3.8, 4) is 11.3 Å². The zero-order valence-corrected chi connectivity index (χ0v) is 19.3. The molecule has 4 aromatic rings. The number of aliphatic hydroxyl groups is 1. The summed E-state index contributed by atoms with van der Waals surface area (Å²) in [7, 11) is 0. The summed E-state index contributed by atoms with van der Waals surface area (Å²) in [6.07, 6.45) is 8.21. The zero-order chi connectivity index (χ0) is 23.5. The number of aromatic nitrogens is 2. The highest BCUT2D eigenvalue weighted by molar-refractivity contribution is 6.06. The van der Waals surface area contributed by atoms with E-state index in [0.29, 0.717) is 23.4 Å². The predicted octanol–water partition coefficient (Wildman–Crippen LogP) is 5.21. The van der Waals surface area contributed by atoms with E-state index >= 15 is 0 Å². The van der Waals surface area contributed by atoms with Crippen molar-refractivity contribution in [1.29, 1.82) is 0 Å². The largest absolute Gasteiger partial charge is 0.449 e. The molecule has 6 heteroatoms. The molecular weight excluding hydrogens is 426 g/mol. The van der Waals surface area contributed by atoms with Crippen LogP contribution in [0, 0.1) is 6.92 Å². The molecule has 1 saturated carbocycles. The zero-order valence-electron chi connectivity index (χ0n) is 19.3. The molecular formula is C28H29N3O3. The van der Waals surface area contributed by atoms with Crippen molar-refractivity contribution in [3.05, 3.63) is 83.6 Å².